The average Bonchev–Trinajstić information content (AvgIpc) is 3.36. The molecule has 13 heteroatoms. The number of benzene rings is 2. The van der Waals surface area contributed by atoms with Crippen molar-refractivity contribution in [2.24, 2.45) is 5.41 Å². The van der Waals surface area contributed by atoms with E-state index in [4.69, 9.17) is 15.2 Å². The van der Waals surface area contributed by atoms with Gasteiger partial charge < -0.3 is 5.32 Å². The molecule has 4 aromatic rings. The molecule has 0 bridgehead atoms. The van der Waals surface area contributed by atoms with Gasteiger partial charge in [0.1, 0.15) is 5.69 Å². The molecule has 43 heavy (non-hydrogen) atoms. The second-order valence-electron chi connectivity index (χ2n) is 12.0. The molecule has 8 nitrogen and oxygen atoms in total. The first-order chi connectivity index (χ1) is 20.5. The summed E-state index contributed by atoms with van der Waals surface area (Å²) in [5, 5.41) is 13.5. The van der Waals surface area contributed by atoms with Crippen molar-refractivity contribution < 1.29 is 13.6 Å². The maximum atomic E-state index is 16.1. The number of hydrogen-bond donors (Lipinski definition) is 2. The first kappa shape index (κ1) is 29.5. The van der Waals surface area contributed by atoms with E-state index >= 15 is 4.39 Å². The van der Waals surface area contributed by atoms with Crippen LogP contribution < -0.4 is 16.0 Å². The Morgan fingerprint density at radius 3 is 2.58 bits per heavy atom. The number of halogens is 2. The standard InChI is InChI=1S/C30H29F2N7OPS2/c1-29(2,3)27-37-24(26(43-27)21-7-8-34-28(36-21)35-17-11-30(12-17)14-42-15-30)18-5-4-6-20(23(18)32)38-39(40)25-19(31)9-16(13-33)10-22(25)41/h4-10,17H,11-12,14-15,41H2,1-3H3,(H,38,40)(H,34,35,36)/q+1. The molecule has 2 aromatic carbocycles. The number of hydrogen-bond acceptors (Lipinski definition) is 8. The molecule has 6 rings (SSSR count). The Kier molecular flexibility index (Phi) is 7.69. The number of nitrogens with one attached hydrogen (secondary N) is 2. The van der Waals surface area contributed by atoms with E-state index in [1.165, 1.54) is 35.0 Å². The summed E-state index contributed by atoms with van der Waals surface area (Å²) >= 11 is 3.43. The van der Waals surface area contributed by atoms with Crippen molar-refractivity contribution >= 4 is 55.0 Å². The van der Waals surface area contributed by atoms with Gasteiger partial charge in [0, 0.05) is 23.2 Å². The highest BCUT2D eigenvalue weighted by Gasteiger charge is 2.49. The quantitative estimate of drug-likeness (QED) is 0.127. The van der Waals surface area contributed by atoms with Crippen LogP contribution in [0.4, 0.5) is 26.1 Å². The molecular formula is C30H29F2N7OPS2+. The summed E-state index contributed by atoms with van der Waals surface area (Å²) in [6.07, 6.45) is 3.91. The normalized spacial score (nSPS) is 15.8. The summed E-state index contributed by atoms with van der Waals surface area (Å²) in [6.45, 7) is 6.11. The number of nitrogens with zero attached hydrogens (tertiary/aromatic N) is 5. The minimum atomic E-state index is -0.906. The summed E-state index contributed by atoms with van der Waals surface area (Å²) < 4.78 is 30.8. The van der Waals surface area contributed by atoms with Crippen molar-refractivity contribution in [1.29, 1.82) is 5.26 Å². The molecule has 1 saturated carbocycles. The Hall–Kier alpha value is -3.52. The van der Waals surface area contributed by atoms with Crippen LogP contribution in [-0.2, 0) is 5.41 Å². The fourth-order valence-corrected chi connectivity index (χ4v) is 8.11. The Balaban J connectivity index is 1.33. The van der Waals surface area contributed by atoms with Crippen molar-refractivity contribution in [3.8, 4) is 27.9 Å². The summed E-state index contributed by atoms with van der Waals surface area (Å²) in [4.78, 5) is 27.9. The third kappa shape index (κ3) is 5.74. The summed E-state index contributed by atoms with van der Waals surface area (Å²) in [5.74, 6) is 1.33. The fourth-order valence-electron chi connectivity index (χ4n) is 5.31. The largest absolute Gasteiger partial charge is 0.351 e. The van der Waals surface area contributed by atoms with Crippen LogP contribution in [0.15, 0.2) is 42.6 Å². The Morgan fingerprint density at radius 1 is 1.16 bits per heavy atom. The molecule has 0 radical (unpaired) electrons. The first-order valence-electron chi connectivity index (χ1n) is 13.7. The van der Waals surface area contributed by atoms with Crippen molar-refractivity contribution in [1.82, 2.24) is 15.0 Å². The van der Waals surface area contributed by atoms with Gasteiger partial charge in [-0.05, 0) is 60.1 Å². The second-order valence-corrected chi connectivity index (χ2v) is 14.6. The smallest absolute Gasteiger partial charge is 0.334 e. The molecule has 1 spiro atoms. The highest BCUT2D eigenvalue weighted by atomic mass is 32.2. The van der Waals surface area contributed by atoms with Gasteiger partial charge in [-0.25, -0.2) is 19.3 Å². The second kappa shape index (κ2) is 11.2. The molecule has 1 unspecified atom stereocenters. The van der Waals surface area contributed by atoms with E-state index in [9.17, 15) is 9.30 Å². The summed E-state index contributed by atoms with van der Waals surface area (Å²) in [7, 11) is 2.23. The van der Waals surface area contributed by atoms with Gasteiger partial charge in [0.05, 0.1) is 43.1 Å². The van der Waals surface area contributed by atoms with Gasteiger partial charge in [-0.3, -0.25) is 0 Å². The van der Waals surface area contributed by atoms with Crippen LogP contribution in [0.2, 0.25) is 0 Å². The van der Waals surface area contributed by atoms with Gasteiger partial charge in [0.2, 0.25) is 11.8 Å². The first-order valence-corrected chi connectivity index (χ1v) is 16.2. The Bertz CT molecular complexity index is 1760. The maximum absolute atomic E-state index is 16.1. The third-order valence-corrected chi connectivity index (χ3v) is 11.1. The average molecular weight is 637 g/mol. The zero-order valence-electron chi connectivity index (χ0n) is 23.7. The van der Waals surface area contributed by atoms with Crippen molar-refractivity contribution in [2.45, 2.75) is 45.1 Å². The van der Waals surface area contributed by atoms with Crippen molar-refractivity contribution in [3.63, 3.8) is 0 Å². The molecule has 1 atom stereocenters. The Labute approximate surface area is 258 Å². The number of thioether (sulfide) groups is 1. The maximum Gasteiger partial charge on any atom is 0.334 e. The van der Waals surface area contributed by atoms with E-state index in [0.717, 1.165) is 23.9 Å². The highest BCUT2D eigenvalue weighted by Crippen LogP contribution is 2.53. The lowest BCUT2D eigenvalue weighted by atomic mass is 9.67. The van der Waals surface area contributed by atoms with E-state index in [2.05, 4.69) is 25.0 Å². The molecule has 2 N–H and O–H groups in total. The molecule has 220 valence electrons. The van der Waals surface area contributed by atoms with E-state index in [0.29, 0.717) is 33.7 Å². The van der Waals surface area contributed by atoms with Crippen LogP contribution in [0.1, 0.15) is 44.2 Å². The monoisotopic (exact) mass is 636 g/mol. The van der Waals surface area contributed by atoms with Crippen molar-refractivity contribution in [3.05, 3.63) is 69.7 Å². The van der Waals surface area contributed by atoms with Crippen LogP contribution in [-0.4, -0.2) is 37.4 Å². The third-order valence-electron chi connectivity index (χ3n) is 7.57. The zero-order valence-corrected chi connectivity index (χ0v) is 26.5. The molecule has 0 amide bonds. The predicted molar refractivity (Wildman–Crippen MR) is 171 cm³/mol. The summed E-state index contributed by atoms with van der Waals surface area (Å²) in [5.41, 5.74) is 3.30. The molecule has 3 heterocycles. The topological polar surface area (TPSA) is 107 Å². The molecule has 2 fully saturated rings. The van der Waals surface area contributed by atoms with Gasteiger partial charge in [0.25, 0.3) is 0 Å². The van der Waals surface area contributed by atoms with E-state index in [1.807, 2.05) is 38.6 Å². The number of rotatable bonds is 7. The molecule has 1 aliphatic carbocycles. The molecule has 2 aliphatic rings. The minimum absolute atomic E-state index is 0.0655. The van der Waals surface area contributed by atoms with E-state index in [-0.39, 0.29) is 38.1 Å². The van der Waals surface area contributed by atoms with Crippen LogP contribution >= 0.6 is 32.3 Å². The number of nitriles is 1. The summed E-state index contributed by atoms with van der Waals surface area (Å²) in [6, 6.07) is 10.9. The number of nitroso groups, excluding NO2 is 1. The molecule has 1 aliphatic heterocycles. The van der Waals surface area contributed by atoms with E-state index in [1.54, 1.807) is 24.4 Å². The number of aromatic nitrogens is 3. The zero-order chi connectivity index (χ0) is 30.5. The number of hydrazine groups is 1. The lowest BCUT2D eigenvalue weighted by Gasteiger charge is -2.53. The van der Waals surface area contributed by atoms with Gasteiger partial charge in [-0.2, -0.15) is 21.4 Å². The van der Waals surface area contributed by atoms with Crippen LogP contribution in [0.3, 0.4) is 0 Å². The number of thiazole rings is 1. The molecule has 1 saturated heterocycles. The lowest BCUT2D eigenvalue weighted by molar-refractivity contribution is -0.429. The Morgan fingerprint density at radius 2 is 1.93 bits per heavy atom. The fraction of sp³-hybridized carbons (Fsp3) is 0.333. The molecular weight excluding hydrogens is 607 g/mol. The van der Waals surface area contributed by atoms with Gasteiger partial charge in [0.15, 0.2) is 10.7 Å². The predicted octanol–water partition coefficient (Wildman–Crippen LogP) is 6.96. The minimum Gasteiger partial charge on any atom is -0.351 e. The van der Waals surface area contributed by atoms with Gasteiger partial charge in [-0.15, -0.1) is 16.8 Å². The van der Waals surface area contributed by atoms with Gasteiger partial charge >= 0.3 is 5.69 Å². The molecule has 2 aromatic heterocycles. The van der Waals surface area contributed by atoms with Crippen LogP contribution in [0.5, 0.6) is 0 Å². The van der Waals surface area contributed by atoms with Gasteiger partial charge in [-0.1, -0.05) is 36.1 Å². The number of anilines is 2. The van der Waals surface area contributed by atoms with E-state index < -0.39 is 11.6 Å². The van der Waals surface area contributed by atoms with Crippen LogP contribution in [0.25, 0.3) is 21.8 Å². The SMILES string of the molecule is CC(C)(C)c1nc(-c2cccc(N[N+](=O)c3c(F)cc(C#N)cc3P)c2F)c(-c2ccnc(NC3CC4(CSC4)C3)n2)s1. The lowest BCUT2D eigenvalue weighted by Crippen LogP contribution is -2.53. The highest BCUT2D eigenvalue weighted by molar-refractivity contribution is 8.00. The van der Waals surface area contributed by atoms with Crippen molar-refractivity contribution in [2.75, 3.05) is 22.2 Å². The van der Waals surface area contributed by atoms with Crippen LogP contribution in [0, 0.1) is 33.3 Å².